The van der Waals surface area contributed by atoms with Crippen LogP contribution in [0.2, 0.25) is 0 Å². The Balaban J connectivity index is 0.000000263. The highest BCUT2D eigenvalue weighted by atomic mass is 15.3. The SMILES string of the molecule is CCCCCCCCn1cc[n+](C)c1.CCCCCCN1C=CN(C)C1. The lowest BCUT2D eigenvalue weighted by Crippen LogP contribution is -2.23. The number of rotatable bonds is 12. The minimum Gasteiger partial charge on any atom is -0.362 e. The van der Waals surface area contributed by atoms with E-state index in [2.05, 4.69) is 78.0 Å². The van der Waals surface area contributed by atoms with Crippen LogP contribution in [0.25, 0.3) is 0 Å². The third kappa shape index (κ3) is 11.2. The second kappa shape index (κ2) is 14.7. The number of aromatic nitrogens is 2. The molecule has 1 aliphatic heterocycles. The Morgan fingerprint density at radius 3 is 2.00 bits per heavy atom. The van der Waals surface area contributed by atoms with Gasteiger partial charge in [-0.15, -0.1) is 0 Å². The van der Waals surface area contributed by atoms with Crippen LogP contribution in [0.15, 0.2) is 31.1 Å². The van der Waals surface area contributed by atoms with Gasteiger partial charge in [-0.25, -0.2) is 9.13 Å². The summed E-state index contributed by atoms with van der Waals surface area (Å²) in [5.41, 5.74) is 0. The first-order valence-corrected chi connectivity index (χ1v) is 10.8. The summed E-state index contributed by atoms with van der Waals surface area (Å²) in [6.45, 7) is 7.99. The van der Waals surface area contributed by atoms with Gasteiger partial charge >= 0.3 is 0 Å². The zero-order valence-corrected chi connectivity index (χ0v) is 17.9. The van der Waals surface area contributed by atoms with Crippen LogP contribution < -0.4 is 4.57 Å². The molecular formula is C22H43N4+. The van der Waals surface area contributed by atoms with E-state index in [4.69, 9.17) is 0 Å². The normalized spacial score (nSPS) is 13.2. The lowest BCUT2D eigenvalue weighted by Gasteiger charge is -2.17. The molecule has 0 spiro atoms. The van der Waals surface area contributed by atoms with Crippen LogP contribution in [-0.4, -0.2) is 34.6 Å². The van der Waals surface area contributed by atoms with Gasteiger partial charge in [0.15, 0.2) is 0 Å². The average molecular weight is 364 g/mol. The van der Waals surface area contributed by atoms with Crippen LogP contribution in [0, 0.1) is 0 Å². The largest absolute Gasteiger partial charge is 0.362 e. The molecule has 0 amide bonds. The van der Waals surface area contributed by atoms with E-state index in [-0.39, 0.29) is 0 Å². The molecule has 1 aromatic rings. The lowest BCUT2D eigenvalue weighted by molar-refractivity contribution is -0.671. The second-order valence-corrected chi connectivity index (χ2v) is 7.65. The maximum absolute atomic E-state index is 2.37. The van der Waals surface area contributed by atoms with Crippen molar-refractivity contribution in [1.82, 2.24) is 14.4 Å². The van der Waals surface area contributed by atoms with Crippen LogP contribution in [0.5, 0.6) is 0 Å². The van der Waals surface area contributed by atoms with Crippen molar-refractivity contribution in [3.05, 3.63) is 31.1 Å². The van der Waals surface area contributed by atoms with Gasteiger partial charge in [0.25, 0.3) is 0 Å². The van der Waals surface area contributed by atoms with Gasteiger partial charge in [-0.05, 0) is 19.3 Å². The predicted octanol–water partition coefficient (Wildman–Crippen LogP) is 4.92. The Labute approximate surface area is 162 Å². The van der Waals surface area contributed by atoms with Gasteiger partial charge in [0, 0.05) is 26.0 Å². The van der Waals surface area contributed by atoms with E-state index in [0.29, 0.717) is 0 Å². The molecule has 0 N–H and O–H groups in total. The standard InChI is InChI=1S/C12H23N2.C10H20N2/c1-3-4-5-6-7-8-9-14-11-10-13(2)12-14;1-3-4-5-6-7-12-9-8-11(2)10-12/h10-12H,3-9H2,1-2H3;8-9H,3-7,10H2,1-2H3/q+1;. The summed E-state index contributed by atoms with van der Waals surface area (Å²) in [6, 6.07) is 0. The van der Waals surface area contributed by atoms with Crippen LogP contribution in [0.1, 0.15) is 78.1 Å². The van der Waals surface area contributed by atoms with E-state index in [1.54, 1.807) is 0 Å². The van der Waals surface area contributed by atoms with Gasteiger partial charge in [0.05, 0.1) is 20.3 Å². The summed E-state index contributed by atoms with van der Waals surface area (Å²) in [5, 5.41) is 0. The second-order valence-electron chi connectivity index (χ2n) is 7.65. The first kappa shape index (κ1) is 22.6. The number of hydrogen-bond acceptors (Lipinski definition) is 2. The van der Waals surface area contributed by atoms with Gasteiger partial charge in [-0.1, -0.05) is 58.8 Å². The summed E-state index contributed by atoms with van der Waals surface area (Å²) in [6.07, 6.45) is 24.4. The van der Waals surface area contributed by atoms with E-state index >= 15 is 0 Å². The highest BCUT2D eigenvalue weighted by molar-refractivity contribution is 4.88. The number of unbranched alkanes of at least 4 members (excludes halogenated alkanes) is 8. The third-order valence-electron chi connectivity index (χ3n) is 4.83. The van der Waals surface area contributed by atoms with Crippen LogP contribution in [0.4, 0.5) is 0 Å². The van der Waals surface area contributed by atoms with E-state index in [9.17, 15) is 0 Å². The molecule has 0 atom stereocenters. The van der Waals surface area contributed by atoms with E-state index in [0.717, 1.165) is 6.67 Å². The summed E-state index contributed by atoms with van der Waals surface area (Å²) in [5.74, 6) is 0. The monoisotopic (exact) mass is 363 g/mol. The molecule has 4 nitrogen and oxygen atoms in total. The molecule has 4 heteroatoms. The lowest BCUT2D eigenvalue weighted by atomic mass is 10.1. The third-order valence-corrected chi connectivity index (χ3v) is 4.83. The molecule has 26 heavy (non-hydrogen) atoms. The van der Waals surface area contributed by atoms with Crippen molar-refractivity contribution in [3.63, 3.8) is 0 Å². The van der Waals surface area contributed by atoms with Crippen LogP contribution in [-0.2, 0) is 13.6 Å². The van der Waals surface area contributed by atoms with Crippen LogP contribution >= 0.6 is 0 Å². The average Bonchev–Trinajstić information content (AvgIpc) is 3.24. The minimum absolute atomic E-state index is 1.08. The maximum Gasteiger partial charge on any atom is 0.243 e. The Morgan fingerprint density at radius 1 is 0.808 bits per heavy atom. The zero-order valence-electron chi connectivity index (χ0n) is 17.9. The number of aryl methyl sites for hydroxylation is 2. The van der Waals surface area contributed by atoms with E-state index in [1.165, 1.54) is 77.3 Å². The molecule has 0 aromatic carbocycles. The fourth-order valence-electron chi connectivity index (χ4n) is 3.18. The molecule has 1 aromatic heterocycles. The van der Waals surface area contributed by atoms with Gasteiger partial charge in [-0.2, -0.15) is 0 Å². The van der Waals surface area contributed by atoms with Crippen LogP contribution in [0.3, 0.4) is 0 Å². The first-order valence-electron chi connectivity index (χ1n) is 10.8. The molecule has 0 fully saturated rings. The molecule has 0 unspecified atom stereocenters. The molecule has 0 radical (unpaired) electrons. The van der Waals surface area contributed by atoms with Crippen molar-refractivity contribution in [2.75, 3.05) is 20.3 Å². The maximum atomic E-state index is 2.37. The number of nitrogens with zero attached hydrogens (tertiary/aromatic N) is 4. The number of hydrogen-bond donors (Lipinski definition) is 0. The fraction of sp³-hybridized carbons (Fsp3) is 0.773. The molecular weight excluding hydrogens is 320 g/mol. The summed E-state index contributed by atoms with van der Waals surface area (Å²) >= 11 is 0. The van der Waals surface area contributed by atoms with Crippen molar-refractivity contribution in [3.8, 4) is 0 Å². The summed E-state index contributed by atoms with van der Waals surface area (Å²) < 4.78 is 4.36. The highest BCUT2D eigenvalue weighted by Gasteiger charge is 2.06. The van der Waals surface area contributed by atoms with Gasteiger partial charge in [0.1, 0.15) is 12.4 Å². The molecule has 0 bridgehead atoms. The molecule has 0 aliphatic carbocycles. The Bertz CT molecular complexity index is 466. The minimum atomic E-state index is 1.08. The Kier molecular flexibility index (Phi) is 12.8. The predicted molar refractivity (Wildman–Crippen MR) is 112 cm³/mol. The number of imidazole rings is 1. The quantitative estimate of drug-likeness (QED) is 0.387. The van der Waals surface area contributed by atoms with E-state index in [1.807, 2.05) is 0 Å². The molecule has 0 saturated heterocycles. The van der Waals surface area contributed by atoms with Crippen molar-refractivity contribution >= 4 is 0 Å². The molecule has 2 rings (SSSR count). The van der Waals surface area contributed by atoms with Gasteiger partial charge in [0.2, 0.25) is 6.33 Å². The first-order chi connectivity index (χ1) is 12.7. The molecule has 0 saturated carbocycles. The van der Waals surface area contributed by atoms with Crippen molar-refractivity contribution in [1.29, 1.82) is 0 Å². The Morgan fingerprint density at radius 2 is 1.42 bits per heavy atom. The van der Waals surface area contributed by atoms with Crippen molar-refractivity contribution in [2.24, 2.45) is 7.05 Å². The topological polar surface area (TPSA) is 15.3 Å². The van der Waals surface area contributed by atoms with Crippen molar-refractivity contribution < 1.29 is 4.57 Å². The highest BCUT2D eigenvalue weighted by Crippen LogP contribution is 2.07. The molecule has 1 aliphatic rings. The summed E-state index contributed by atoms with van der Waals surface area (Å²) in [7, 11) is 4.18. The van der Waals surface area contributed by atoms with Gasteiger partial charge in [-0.3, -0.25) is 0 Å². The zero-order chi connectivity index (χ0) is 19.0. The smallest absolute Gasteiger partial charge is 0.243 e. The molecule has 2 heterocycles. The van der Waals surface area contributed by atoms with Crippen molar-refractivity contribution in [2.45, 2.75) is 84.6 Å². The van der Waals surface area contributed by atoms with E-state index < -0.39 is 0 Å². The Hall–Kier alpha value is -1.45. The fourth-order valence-corrected chi connectivity index (χ4v) is 3.18. The van der Waals surface area contributed by atoms with Gasteiger partial charge < -0.3 is 9.80 Å². The molecule has 150 valence electrons. The summed E-state index contributed by atoms with van der Waals surface area (Å²) in [4.78, 5) is 4.58.